The summed E-state index contributed by atoms with van der Waals surface area (Å²) in [5.41, 5.74) is 4.54. The highest BCUT2D eigenvalue weighted by Crippen LogP contribution is 2.40. The molecule has 30 heavy (non-hydrogen) atoms. The Balaban J connectivity index is 0.000000273. The van der Waals surface area contributed by atoms with Crippen molar-refractivity contribution >= 4 is 40.1 Å². The van der Waals surface area contributed by atoms with Crippen LogP contribution in [0.4, 0.5) is 11.4 Å². The largest absolute Gasteiger partial charge is 0.371 e. The minimum absolute atomic E-state index is 0.256. The SMILES string of the molecule is CC.CC1=CCSC1.CN1CCC(=O)N(C2CCCCC2)c2c1cnc1[nH]ccc21. The van der Waals surface area contributed by atoms with Gasteiger partial charge >= 0.3 is 0 Å². The molecular weight excluding hydrogens is 392 g/mol. The molecule has 0 spiro atoms. The molecule has 1 amide bonds. The van der Waals surface area contributed by atoms with E-state index in [1.165, 1.54) is 30.8 Å². The zero-order chi connectivity index (χ0) is 21.5. The van der Waals surface area contributed by atoms with E-state index in [2.05, 4.69) is 39.8 Å². The van der Waals surface area contributed by atoms with Gasteiger partial charge in [-0.3, -0.25) is 4.79 Å². The van der Waals surface area contributed by atoms with Crippen LogP contribution in [0.25, 0.3) is 11.0 Å². The number of hydrogen-bond acceptors (Lipinski definition) is 4. The fourth-order valence-corrected chi connectivity index (χ4v) is 5.31. The van der Waals surface area contributed by atoms with E-state index >= 15 is 0 Å². The summed E-state index contributed by atoms with van der Waals surface area (Å²) >= 11 is 1.99. The molecule has 0 saturated heterocycles. The van der Waals surface area contributed by atoms with E-state index < -0.39 is 0 Å². The first kappa shape index (κ1) is 22.7. The summed E-state index contributed by atoms with van der Waals surface area (Å²) in [5, 5.41) is 1.06. The molecule has 5 rings (SSSR count). The molecule has 0 unspecified atom stereocenters. The van der Waals surface area contributed by atoms with Crippen molar-refractivity contribution in [3.05, 3.63) is 30.1 Å². The van der Waals surface area contributed by atoms with Gasteiger partial charge in [-0.1, -0.05) is 44.8 Å². The Morgan fingerprint density at radius 2 is 1.97 bits per heavy atom. The molecule has 0 atom stereocenters. The zero-order valence-corrected chi connectivity index (χ0v) is 19.7. The van der Waals surface area contributed by atoms with Crippen molar-refractivity contribution in [2.24, 2.45) is 0 Å². The number of thioether (sulfide) groups is 1. The smallest absolute Gasteiger partial charge is 0.229 e. The Labute approximate surface area is 185 Å². The average molecular weight is 429 g/mol. The fourth-order valence-electron chi connectivity index (χ4n) is 4.35. The van der Waals surface area contributed by atoms with Gasteiger partial charge in [0, 0.05) is 49.1 Å². The van der Waals surface area contributed by atoms with Crippen LogP contribution in [0.5, 0.6) is 0 Å². The van der Waals surface area contributed by atoms with Gasteiger partial charge in [0.2, 0.25) is 5.91 Å². The number of nitrogens with one attached hydrogen (secondary N) is 1. The lowest BCUT2D eigenvalue weighted by Gasteiger charge is -2.35. The Morgan fingerprint density at radius 3 is 2.60 bits per heavy atom. The van der Waals surface area contributed by atoms with E-state index in [-0.39, 0.29) is 5.91 Å². The third-order valence-electron chi connectivity index (χ3n) is 5.94. The standard InChI is InChI=1S/C17H22N4O.C5H8S.C2H6/c1-20-10-8-15(22)21(12-5-3-2-4-6-12)16-13-7-9-18-17(13)19-11-14(16)20;1-5-2-3-6-4-5;1-2/h7,9,11-12H,2-6,8,10H2,1H3,(H,18,19);2H,3-4H2,1H3;1-2H3. The van der Waals surface area contributed by atoms with Crippen LogP contribution in [0.3, 0.4) is 0 Å². The van der Waals surface area contributed by atoms with Crippen LogP contribution in [-0.4, -0.2) is 47.0 Å². The summed E-state index contributed by atoms with van der Waals surface area (Å²) in [5.74, 6) is 2.76. The first-order valence-electron chi connectivity index (χ1n) is 11.4. The van der Waals surface area contributed by atoms with Crippen molar-refractivity contribution in [3.8, 4) is 0 Å². The summed E-state index contributed by atoms with van der Waals surface area (Å²) in [6.07, 6.45) is 12.6. The van der Waals surface area contributed by atoms with Gasteiger partial charge in [-0.15, -0.1) is 0 Å². The molecule has 0 radical (unpaired) electrons. The zero-order valence-electron chi connectivity index (χ0n) is 18.9. The van der Waals surface area contributed by atoms with Crippen molar-refractivity contribution in [2.45, 2.75) is 65.3 Å². The number of carbonyl (C=O) groups excluding carboxylic acids is 1. The summed E-state index contributed by atoms with van der Waals surface area (Å²) < 4.78 is 0. The molecule has 4 heterocycles. The van der Waals surface area contributed by atoms with Gasteiger partial charge in [-0.05, 0) is 25.8 Å². The average Bonchev–Trinajstić information content (AvgIpc) is 3.44. The monoisotopic (exact) mass is 428 g/mol. The molecule has 1 fully saturated rings. The summed E-state index contributed by atoms with van der Waals surface area (Å²) in [6, 6.07) is 2.38. The van der Waals surface area contributed by atoms with E-state index in [4.69, 9.17) is 0 Å². The highest BCUT2D eigenvalue weighted by Gasteiger charge is 2.33. The van der Waals surface area contributed by atoms with Gasteiger partial charge < -0.3 is 14.8 Å². The lowest BCUT2D eigenvalue weighted by Crippen LogP contribution is -2.41. The van der Waals surface area contributed by atoms with E-state index in [9.17, 15) is 4.79 Å². The fraction of sp³-hybridized carbons (Fsp3) is 0.583. The second kappa shape index (κ2) is 10.9. The molecular formula is C24H36N4OS. The number of nitrogens with zero attached hydrogens (tertiary/aromatic N) is 3. The molecule has 1 N–H and O–H groups in total. The van der Waals surface area contributed by atoms with Crippen LogP contribution in [0.1, 0.15) is 59.3 Å². The summed E-state index contributed by atoms with van der Waals surface area (Å²) in [6.45, 7) is 6.94. The predicted octanol–water partition coefficient (Wildman–Crippen LogP) is 5.77. The van der Waals surface area contributed by atoms with Gasteiger partial charge in [0.25, 0.3) is 0 Å². The van der Waals surface area contributed by atoms with Crippen LogP contribution >= 0.6 is 11.8 Å². The van der Waals surface area contributed by atoms with Crippen LogP contribution in [0.15, 0.2) is 30.1 Å². The van der Waals surface area contributed by atoms with Crippen molar-refractivity contribution in [1.29, 1.82) is 0 Å². The Kier molecular flexibility index (Phi) is 8.25. The quantitative estimate of drug-likeness (QED) is 0.586. The number of aromatic nitrogens is 2. The van der Waals surface area contributed by atoms with Crippen molar-refractivity contribution in [2.75, 3.05) is 34.9 Å². The van der Waals surface area contributed by atoms with Gasteiger partial charge in [0.05, 0.1) is 17.6 Å². The molecule has 1 saturated carbocycles. The second-order valence-electron chi connectivity index (χ2n) is 8.02. The second-order valence-corrected chi connectivity index (χ2v) is 9.05. The minimum atomic E-state index is 0.256. The molecule has 164 valence electrons. The van der Waals surface area contributed by atoms with E-state index in [1.54, 1.807) is 5.57 Å². The number of H-pyrrole nitrogens is 1. The highest BCUT2D eigenvalue weighted by atomic mass is 32.2. The molecule has 0 bridgehead atoms. The Hall–Kier alpha value is -1.95. The van der Waals surface area contributed by atoms with Gasteiger partial charge in [-0.25, -0.2) is 4.98 Å². The van der Waals surface area contributed by atoms with Crippen molar-refractivity contribution in [1.82, 2.24) is 9.97 Å². The third-order valence-corrected chi connectivity index (χ3v) is 7.00. The summed E-state index contributed by atoms with van der Waals surface area (Å²) in [7, 11) is 2.05. The van der Waals surface area contributed by atoms with E-state index in [1.807, 2.05) is 44.1 Å². The third kappa shape index (κ3) is 5.02. The molecule has 0 aromatic carbocycles. The van der Waals surface area contributed by atoms with Crippen molar-refractivity contribution in [3.63, 3.8) is 0 Å². The maximum atomic E-state index is 12.9. The lowest BCUT2D eigenvalue weighted by molar-refractivity contribution is -0.118. The van der Waals surface area contributed by atoms with Gasteiger partial charge in [-0.2, -0.15) is 11.8 Å². The first-order valence-corrected chi connectivity index (χ1v) is 12.5. The minimum Gasteiger partial charge on any atom is -0.371 e. The number of anilines is 2. The number of amides is 1. The maximum absolute atomic E-state index is 12.9. The Morgan fingerprint density at radius 1 is 1.20 bits per heavy atom. The number of hydrogen-bond donors (Lipinski definition) is 1. The number of pyridine rings is 1. The molecule has 1 aliphatic carbocycles. The number of rotatable bonds is 1. The van der Waals surface area contributed by atoms with Crippen LogP contribution < -0.4 is 9.80 Å². The molecule has 2 aromatic heterocycles. The molecule has 5 nitrogen and oxygen atoms in total. The molecule has 6 heteroatoms. The van der Waals surface area contributed by atoms with Crippen LogP contribution in [0.2, 0.25) is 0 Å². The Bertz CT molecular complexity index is 869. The van der Waals surface area contributed by atoms with Gasteiger partial charge in [0.1, 0.15) is 5.65 Å². The first-order chi connectivity index (χ1) is 14.6. The predicted molar refractivity (Wildman–Crippen MR) is 131 cm³/mol. The normalized spacial score (nSPS) is 19.3. The van der Waals surface area contributed by atoms with Crippen LogP contribution in [0, 0.1) is 0 Å². The maximum Gasteiger partial charge on any atom is 0.229 e. The van der Waals surface area contributed by atoms with Gasteiger partial charge in [0.15, 0.2) is 0 Å². The van der Waals surface area contributed by atoms with Crippen LogP contribution in [-0.2, 0) is 4.79 Å². The highest BCUT2D eigenvalue weighted by molar-refractivity contribution is 7.99. The lowest BCUT2D eigenvalue weighted by atomic mass is 9.93. The topological polar surface area (TPSA) is 52.2 Å². The number of fused-ring (bicyclic) bond motifs is 3. The summed E-state index contributed by atoms with van der Waals surface area (Å²) in [4.78, 5) is 24.8. The number of aromatic amines is 1. The molecule has 3 aliphatic rings. The van der Waals surface area contributed by atoms with Crippen molar-refractivity contribution < 1.29 is 4.79 Å². The van der Waals surface area contributed by atoms with E-state index in [0.717, 1.165) is 41.8 Å². The molecule has 2 aliphatic heterocycles. The number of carbonyl (C=O) groups is 1. The molecule has 2 aromatic rings. The van der Waals surface area contributed by atoms with E-state index in [0.29, 0.717) is 12.5 Å².